The third kappa shape index (κ3) is 2.99. The van der Waals surface area contributed by atoms with Crippen molar-refractivity contribution in [2.24, 2.45) is 0 Å². The van der Waals surface area contributed by atoms with Gasteiger partial charge in [0.1, 0.15) is 5.76 Å². The third-order valence-corrected chi connectivity index (χ3v) is 2.64. The van der Waals surface area contributed by atoms with Crippen LogP contribution >= 0.6 is 11.6 Å². The summed E-state index contributed by atoms with van der Waals surface area (Å²) in [6, 6.07) is 15.8. The molecule has 2 rings (SSSR count). The number of ether oxygens (including phenoxy) is 1. The predicted octanol–water partition coefficient (Wildman–Crippen LogP) is 4.17. The van der Waals surface area contributed by atoms with Crippen molar-refractivity contribution >= 4 is 23.3 Å². The van der Waals surface area contributed by atoms with Gasteiger partial charge in [-0.2, -0.15) is 0 Å². The molecule has 0 spiro atoms. The maximum absolute atomic E-state index is 11.8. The van der Waals surface area contributed by atoms with Crippen molar-refractivity contribution in [3.63, 3.8) is 0 Å². The van der Waals surface area contributed by atoms with Gasteiger partial charge in [0, 0.05) is 10.6 Å². The molecule has 0 radical (unpaired) electrons. The first-order valence-corrected chi connectivity index (χ1v) is 5.76. The summed E-state index contributed by atoms with van der Waals surface area (Å²) in [6.45, 7) is 3.74. The first kappa shape index (κ1) is 12.4. The molecule has 0 N–H and O–H groups in total. The predicted molar refractivity (Wildman–Crippen MR) is 72.3 cm³/mol. The third-order valence-electron chi connectivity index (χ3n) is 2.39. The lowest BCUT2D eigenvalue weighted by atomic mass is 10.2. The second kappa shape index (κ2) is 5.52. The average molecular weight is 259 g/mol. The molecule has 90 valence electrons. The number of hydrogen-bond donors (Lipinski definition) is 0. The van der Waals surface area contributed by atoms with E-state index in [0.29, 0.717) is 16.3 Å². The van der Waals surface area contributed by atoms with Gasteiger partial charge < -0.3 is 4.74 Å². The summed E-state index contributed by atoms with van der Waals surface area (Å²) in [5, 5.41) is 0.577. The Bertz CT molecular complexity index is 559. The molecule has 0 aliphatic rings. The Kier molecular flexibility index (Phi) is 3.80. The van der Waals surface area contributed by atoms with Crippen LogP contribution < -0.4 is 0 Å². The lowest BCUT2D eigenvalue weighted by Gasteiger charge is -2.07. The summed E-state index contributed by atoms with van der Waals surface area (Å²) in [7, 11) is 0. The van der Waals surface area contributed by atoms with E-state index in [9.17, 15) is 4.79 Å². The van der Waals surface area contributed by atoms with Crippen molar-refractivity contribution in [3.8, 4) is 0 Å². The van der Waals surface area contributed by atoms with Crippen LogP contribution in [0.4, 0.5) is 0 Å². The van der Waals surface area contributed by atoms with Gasteiger partial charge in [0.2, 0.25) is 0 Å². The fourth-order valence-corrected chi connectivity index (χ4v) is 1.57. The summed E-state index contributed by atoms with van der Waals surface area (Å²) in [6.07, 6.45) is 0. The number of esters is 1. The first-order chi connectivity index (χ1) is 8.66. The Morgan fingerprint density at radius 3 is 2.17 bits per heavy atom. The van der Waals surface area contributed by atoms with Crippen molar-refractivity contribution < 1.29 is 9.53 Å². The molecule has 0 fully saturated rings. The van der Waals surface area contributed by atoms with Gasteiger partial charge in [-0.05, 0) is 24.3 Å². The molecule has 0 amide bonds. The van der Waals surface area contributed by atoms with E-state index in [1.165, 1.54) is 0 Å². The maximum atomic E-state index is 11.8. The van der Waals surface area contributed by atoms with Crippen LogP contribution in [-0.4, -0.2) is 5.97 Å². The highest BCUT2D eigenvalue weighted by Crippen LogP contribution is 2.16. The minimum Gasteiger partial charge on any atom is -0.423 e. The smallest absolute Gasteiger partial charge is 0.343 e. The average Bonchev–Trinajstić information content (AvgIpc) is 2.40. The van der Waals surface area contributed by atoms with Crippen LogP contribution in [0.5, 0.6) is 0 Å². The number of rotatable bonds is 3. The molecule has 0 heterocycles. The Morgan fingerprint density at radius 2 is 1.56 bits per heavy atom. The number of carbonyl (C=O) groups excluding carboxylic acids is 1. The molecule has 0 aromatic heterocycles. The molecular weight excluding hydrogens is 248 g/mol. The minimum absolute atomic E-state index is 0.329. The van der Waals surface area contributed by atoms with Gasteiger partial charge in [0.05, 0.1) is 5.56 Å². The van der Waals surface area contributed by atoms with E-state index < -0.39 is 5.97 Å². The largest absolute Gasteiger partial charge is 0.423 e. The quantitative estimate of drug-likeness (QED) is 0.610. The normalized spacial score (nSPS) is 9.83. The first-order valence-electron chi connectivity index (χ1n) is 5.39. The highest BCUT2D eigenvalue weighted by Gasteiger charge is 2.09. The van der Waals surface area contributed by atoms with Crippen LogP contribution in [0.2, 0.25) is 5.02 Å². The highest BCUT2D eigenvalue weighted by atomic mass is 35.5. The molecule has 0 atom stereocenters. The molecule has 0 aliphatic carbocycles. The van der Waals surface area contributed by atoms with Crippen LogP contribution in [0.25, 0.3) is 5.76 Å². The van der Waals surface area contributed by atoms with E-state index >= 15 is 0 Å². The highest BCUT2D eigenvalue weighted by molar-refractivity contribution is 6.30. The molecular formula is C15H11ClO2. The number of halogens is 1. The Morgan fingerprint density at radius 1 is 0.944 bits per heavy atom. The van der Waals surface area contributed by atoms with Crippen LogP contribution in [0.15, 0.2) is 61.2 Å². The van der Waals surface area contributed by atoms with E-state index in [4.69, 9.17) is 16.3 Å². The monoisotopic (exact) mass is 258 g/mol. The van der Waals surface area contributed by atoms with E-state index in [0.717, 1.165) is 5.56 Å². The van der Waals surface area contributed by atoms with Gasteiger partial charge in [0.15, 0.2) is 0 Å². The molecule has 0 saturated heterocycles. The molecule has 0 saturated carbocycles. The van der Waals surface area contributed by atoms with Crippen LogP contribution in [0.1, 0.15) is 15.9 Å². The molecule has 3 heteroatoms. The second-order valence-electron chi connectivity index (χ2n) is 3.69. The molecule has 2 aromatic rings. The summed E-state index contributed by atoms with van der Waals surface area (Å²) < 4.78 is 5.19. The molecule has 2 nitrogen and oxygen atoms in total. The van der Waals surface area contributed by atoms with Crippen LogP contribution in [-0.2, 0) is 4.74 Å². The maximum Gasteiger partial charge on any atom is 0.343 e. The topological polar surface area (TPSA) is 26.3 Å². The Hall–Kier alpha value is -2.06. The standard InChI is InChI=1S/C15H11ClO2/c1-11(12-5-3-2-4-6-12)18-15(17)13-7-9-14(16)10-8-13/h2-10H,1H2. The molecule has 2 aromatic carbocycles. The van der Waals surface area contributed by atoms with Gasteiger partial charge >= 0.3 is 5.97 Å². The van der Waals surface area contributed by atoms with E-state index in [2.05, 4.69) is 6.58 Å². The van der Waals surface area contributed by atoms with Crippen LogP contribution in [0.3, 0.4) is 0 Å². The second-order valence-corrected chi connectivity index (χ2v) is 4.12. The lowest BCUT2D eigenvalue weighted by molar-refractivity contribution is 0.0693. The van der Waals surface area contributed by atoms with E-state index in [1.807, 2.05) is 30.3 Å². The minimum atomic E-state index is -0.444. The van der Waals surface area contributed by atoms with Gasteiger partial charge in [-0.15, -0.1) is 0 Å². The summed E-state index contributed by atoms with van der Waals surface area (Å²) in [4.78, 5) is 11.8. The summed E-state index contributed by atoms with van der Waals surface area (Å²) >= 11 is 5.75. The van der Waals surface area contributed by atoms with Crippen molar-refractivity contribution in [3.05, 3.63) is 77.3 Å². The number of benzene rings is 2. The Labute approximate surface area is 110 Å². The number of carbonyl (C=O) groups is 1. The molecule has 0 unspecified atom stereocenters. The lowest BCUT2D eigenvalue weighted by Crippen LogP contribution is -2.03. The Balaban J connectivity index is 2.08. The van der Waals surface area contributed by atoms with Crippen molar-refractivity contribution in [1.82, 2.24) is 0 Å². The fourth-order valence-electron chi connectivity index (χ4n) is 1.44. The van der Waals surface area contributed by atoms with E-state index in [1.54, 1.807) is 24.3 Å². The summed E-state index contributed by atoms with van der Waals surface area (Å²) in [5.74, 6) is -0.115. The van der Waals surface area contributed by atoms with Crippen molar-refractivity contribution in [1.29, 1.82) is 0 Å². The SMILES string of the molecule is C=C(OC(=O)c1ccc(Cl)cc1)c1ccccc1. The van der Waals surface area contributed by atoms with Gasteiger partial charge in [-0.3, -0.25) is 0 Å². The van der Waals surface area contributed by atoms with Gasteiger partial charge in [0.25, 0.3) is 0 Å². The molecule has 18 heavy (non-hydrogen) atoms. The number of hydrogen-bond acceptors (Lipinski definition) is 2. The van der Waals surface area contributed by atoms with Crippen LogP contribution in [0, 0.1) is 0 Å². The zero-order chi connectivity index (χ0) is 13.0. The van der Waals surface area contributed by atoms with Gasteiger partial charge in [-0.25, -0.2) is 4.79 Å². The zero-order valence-electron chi connectivity index (χ0n) is 9.60. The molecule has 0 aliphatic heterocycles. The fraction of sp³-hybridized carbons (Fsp3) is 0. The van der Waals surface area contributed by atoms with Gasteiger partial charge in [-0.1, -0.05) is 48.5 Å². The zero-order valence-corrected chi connectivity index (χ0v) is 10.4. The van der Waals surface area contributed by atoms with E-state index in [-0.39, 0.29) is 0 Å². The summed E-state index contributed by atoms with van der Waals surface area (Å²) in [5.41, 5.74) is 1.22. The molecule has 0 bridgehead atoms. The van der Waals surface area contributed by atoms with Crippen molar-refractivity contribution in [2.45, 2.75) is 0 Å². The van der Waals surface area contributed by atoms with Crippen molar-refractivity contribution in [2.75, 3.05) is 0 Å².